The maximum atomic E-state index is 13.3. The molecule has 0 aliphatic rings. The number of ether oxygens (including phenoxy) is 2. The first-order valence-electron chi connectivity index (χ1n) is 12.0. The monoisotopic (exact) mass is 566 g/mol. The van der Waals surface area contributed by atoms with Crippen LogP contribution in [0.4, 0.5) is 24.5 Å². The van der Waals surface area contributed by atoms with E-state index in [4.69, 9.17) is 9.47 Å². The molecule has 0 aliphatic heterocycles. The number of carbonyl (C=O) groups excluding carboxylic acids is 2. The number of amides is 2. The number of nitrogens with one attached hydrogen (secondary N) is 2. The van der Waals surface area contributed by atoms with Crippen LogP contribution in [0, 0.1) is 0 Å². The van der Waals surface area contributed by atoms with Crippen LogP contribution >= 0.6 is 11.8 Å². The predicted octanol–water partition coefficient (Wildman–Crippen LogP) is 7.45. The first kappa shape index (κ1) is 28.6. The van der Waals surface area contributed by atoms with Gasteiger partial charge >= 0.3 is 6.18 Å². The summed E-state index contributed by atoms with van der Waals surface area (Å²) in [7, 11) is 2.99. The highest BCUT2D eigenvalue weighted by Gasteiger charge is 2.31. The molecule has 0 aliphatic carbocycles. The van der Waals surface area contributed by atoms with Crippen molar-refractivity contribution in [2.24, 2.45) is 0 Å². The van der Waals surface area contributed by atoms with Crippen molar-refractivity contribution >= 4 is 35.0 Å². The largest absolute Gasteiger partial charge is 0.493 e. The second-order valence-corrected chi connectivity index (χ2v) is 9.70. The van der Waals surface area contributed by atoms with Gasteiger partial charge in [0, 0.05) is 21.8 Å². The molecule has 10 heteroatoms. The second-order valence-electron chi connectivity index (χ2n) is 8.52. The fraction of sp³-hybridized carbons (Fsp3) is 0.133. The quantitative estimate of drug-likeness (QED) is 0.206. The van der Waals surface area contributed by atoms with Gasteiger partial charge in [-0.3, -0.25) is 9.59 Å². The van der Waals surface area contributed by atoms with E-state index in [2.05, 4.69) is 10.6 Å². The molecule has 0 heterocycles. The Labute approximate surface area is 233 Å². The van der Waals surface area contributed by atoms with E-state index in [9.17, 15) is 22.8 Å². The minimum atomic E-state index is -4.52. The molecule has 0 fully saturated rings. The second kappa shape index (κ2) is 12.6. The molecule has 2 amide bonds. The Kier molecular flexibility index (Phi) is 9.00. The molecule has 0 radical (unpaired) electrons. The van der Waals surface area contributed by atoms with Crippen LogP contribution in [-0.2, 0) is 11.0 Å². The van der Waals surface area contributed by atoms with Crippen molar-refractivity contribution in [2.75, 3.05) is 24.9 Å². The molecule has 40 heavy (non-hydrogen) atoms. The molecule has 0 aromatic heterocycles. The van der Waals surface area contributed by atoms with Gasteiger partial charge in [-0.15, -0.1) is 11.8 Å². The summed E-state index contributed by atoms with van der Waals surface area (Å²) in [5, 5.41) is 4.68. The van der Waals surface area contributed by atoms with Gasteiger partial charge < -0.3 is 20.1 Å². The summed E-state index contributed by atoms with van der Waals surface area (Å²) in [5.41, 5.74) is 0.803. The molecule has 206 valence electrons. The molecule has 0 bridgehead atoms. The molecule has 4 rings (SSSR count). The van der Waals surface area contributed by atoms with Crippen LogP contribution in [0.25, 0.3) is 0 Å². The molecule has 0 spiro atoms. The van der Waals surface area contributed by atoms with E-state index in [-0.39, 0.29) is 11.6 Å². The lowest BCUT2D eigenvalue weighted by molar-refractivity contribution is -0.137. The minimum absolute atomic E-state index is 0.0505. The molecule has 0 saturated heterocycles. The number of carbonyl (C=O) groups is 2. The molecule has 1 unspecified atom stereocenters. The normalized spacial score (nSPS) is 11.8. The van der Waals surface area contributed by atoms with Gasteiger partial charge in [-0.25, -0.2) is 0 Å². The van der Waals surface area contributed by atoms with Crippen molar-refractivity contribution in [1.29, 1.82) is 0 Å². The fourth-order valence-corrected chi connectivity index (χ4v) is 4.84. The van der Waals surface area contributed by atoms with E-state index in [0.717, 1.165) is 17.0 Å². The third kappa shape index (κ3) is 7.15. The molecule has 6 nitrogen and oxygen atoms in total. The van der Waals surface area contributed by atoms with Gasteiger partial charge in [-0.1, -0.05) is 36.4 Å². The number of methoxy groups -OCH3 is 2. The zero-order valence-corrected chi connectivity index (χ0v) is 22.3. The lowest BCUT2D eigenvalue weighted by atomic mass is 10.1. The van der Waals surface area contributed by atoms with Gasteiger partial charge in [0.05, 0.1) is 19.8 Å². The molecule has 0 saturated carbocycles. The highest BCUT2D eigenvalue weighted by atomic mass is 32.2. The lowest BCUT2D eigenvalue weighted by Crippen LogP contribution is -2.19. The van der Waals surface area contributed by atoms with Crippen LogP contribution in [0.3, 0.4) is 0 Å². The third-order valence-corrected chi connectivity index (χ3v) is 7.08. The van der Waals surface area contributed by atoms with Crippen molar-refractivity contribution < 1.29 is 32.2 Å². The third-order valence-electron chi connectivity index (χ3n) is 5.81. The molecule has 1 atom stereocenters. The summed E-state index contributed by atoms with van der Waals surface area (Å²) < 4.78 is 49.9. The zero-order valence-electron chi connectivity index (χ0n) is 21.5. The van der Waals surface area contributed by atoms with Gasteiger partial charge in [0.15, 0.2) is 11.5 Å². The SMILES string of the molecule is COc1ccc(C(=O)Nc2ccc(SC(C(=O)Nc3cccc(C(F)(F)F)c3)c3ccccc3)cc2)cc1OC. The van der Waals surface area contributed by atoms with E-state index >= 15 is 0 Å². The molecular formula is C30H25F3N2O4S. The minimum Gasteiger partial charge on any atom is -0.493 e. The number of anilines is 2. The summed E-state index contributed by atoms with van der Waals surface area (Å²) in [5.74, 6) is 0.119. The topological polar surface area (TPSA) is 76.7 Å². The summed E-state index contributed by atoms with van der Waals surface area (Å²) >= 11 is 1.23. The van der Waals surface area contributed by atoms with E-state index < -0.39 is 22.9 Å². The van der Waals surface area contributed by atoms with Crippen LogP contribution < -0.4 is 20.1 Å². The number of rotatable bonds is 9. The number of hydrogen-bond acceptors (Lipinski definition) is 5. The fourth-order valence-electron chi connectivity index (χ4n) is 3.82. The number of halogens is 3. The lowest BCUT2D eigenvalue weighted by Gasteiger charge is -2.18. The van der Waals surface area contributed by atoms with Crippen LogP contribution in [-0.4, -0.2) is 26.0 Å². The van der Waals surface area contributed by atoms with Crippen molar-refractivity contribution in [3.63, 3.8) is 0 Å². The van der Waals surface area contributed by atoms with Crippen molar-refractivity contribution in [2.45, 2.75) is 16.3 Å². The van der Waals surface area contributed by atoms with Gasteiger partial charge in [0.2, 0.25) is 5.91 Å². The average molecular weight is 567 g/mol. The maximum absolute atomic E-state index is 13.3. The van der Waals surface area contributed by atoms with Crippen LogP contribution in [0.5, 0.6) is 11.5 Å². The van der Waals surface area contributed by atoms with E-state index in [0.29, 0.717) is 28.3 Å². The van der Waals surface area contributed by atoms with Crippen molar-refractivity contribution in [1.82, 2.24) is 0 Å². The van der Waals surface area contributed by atoms with Gasteiger partial charge in [0.1, 0.15) is 5.25 Å². The zero-order chi connectivity index (χ0) is 28.7. The number of alkyl halides is 3. The predicted molar refractivity (Wildman–Crippen MR) is 149 cm³/mol. The van der Waals surface area contributed by atoms with Crippen LogP contribution in [0.2, 0.25) is 0 Å². The van der Waals surface area contributed by atoms with E-state index in [1.54, 1.807) is 66.7 Å². The van der Waals surface area contributed by atoms with Crippen LogP contribution in [0.1, 0.15) is 26.7 Å². The average Bonchev–Trinajstić information content (AvgIpc) is 2.96. The molecule has 4 aromatic carbocycles. The van der Waals surface area contributed by atoms with Crippen molar-refractivity contribution in [3.05, 3.63) is 114 Å². The molecule has 4 aromatic rings. The highest BCUT2D eigenvalue weighted by Crippen LogP contribution is 2.37. The van der Waals surface area contributed by atoms with E-state index in [1.807, 2.05) is 6.07 Å². The number of benzene rings is 4. The van der Waals surface area contributed by atoms with Gasteiger partial charge in [-0.05, 0) is 66.2 Å². The Balaban J connectivity index is 1.49. The van der Waals surface area contributed by atoms with Crippen molar-refractivity contribution in [3.8, 4) is 11.5 Å². The van der Waals surface area contributed by atoms with Crippen LogP contribution in [0.15, 0.2) is 102 Å². The number of hydrogen-bond donors (Lipinski definition) is 2. The first-order chi connectivity index (χ1) is 19.2. The standard InChI is InChI=1S/C30H25F3N2O4S/c1-38-25-16-11-20(17-26(25)39-2)28(36)34-22-12-14-24(15-13-22)40-27(19-7-4-3-5-8-19)29(37)35-23-10-6-9-21(18-23)30(31,32)33/h3-18,27H,1-2H3,(H,34,36)(H,35,37). The van der Waals surface area contributed by atoms with Gasteiger partial charge in [0.25, 0.3) is 5.91 Å². The maximum Gasteiger partial charge on any atom is 0.416 e. The molecule has 2 N–H and O–H groups in total. The Morgan fingerprint density at radius 2 is 1.45 bits per heavy atom. The molecular weight excluding hydrogens is 541 g/mol. The highest BCUT2D eigenvalue weighted by molar-refractivity contribution is 8.00. The first-order valence-corrected chi connectivity index (χ1v) is 12.9. The summed E-state index contributed by atoms with van der Waals surface area (Å²) in [6.07, 6.45) is -4.52. The Morgan fingerprint density at radius 3 is 2.10 bits per heavy atom. The van der Waals surface area contributed by atoms with Gasteiger partial charge in [-0.2, -0.15) is 13.2 Å². The number of thioether (sulfide) groups is 1. The van der Waals surface area contributed by atoms with E-state index in [1.165, 1.54) is 38.1 Å². The smallest absolute Gasteiger partial charge is 0.416 e. The summed E-state index contributed by atoms with van der Waals surface area (Å²) in [6, 6.07) is 25.2. The summed E-state index contributed by atoms with van der Waals surface area (Å²) in [4.78, 5) is 26.7. The Hall–Kier alpha value is -4.44. The summed E-state index contributed by atoms with van der Waals surface area (Å²) in [6.45, 7) is 0. The Morgan fingerprint density at radius 1 is 0.750 bits per heavy atom. The Bertz CT molecular complexity index is 1480.